The molecule has 11 nitrogen and oxygen atoms in total. The highest BCUT2D eigenvalue weighted by atomic mass is 16.5. The number of likely N-dealkylation sites (tertiary alicyclic amines) is 1. The predicted molar refractivity (Wildman–Crippen MR) is 207 cm³/mol. The summed E-state index contributed by atoms with van der Waals surface area (Å²) < 4.78 is 25.8. The van der Waals surface area contributed by atoms with Crippen LogP contribution in [0, 0.1) is 5.92 Å². The van der Waals surface area contributed by atoms with E-state index in [0.717, 1.165) is 50.3 Å². The molecule has 0 saturated carbocycles. The Bertz CT molecular complexity index is 2030. The second kappa shape index (κ2) is 17.6. The van der Waals surface area contributed by atoms with Gasteiger partial charge in [-0.05, 0) is 46.5 Å². The van der Waals surface area contributed by atoms with Crippen molar-refractivity contribution in [1.29, 1.82) is 0 Å². The van der Waals surface area contributed by atoms with Crippen LogP contribution in [0.2, 0.25) is 0 Å². The Hall–Kier alpha value is -5.46. The lowest BCUT2D eigenvalue weighted by Gasteiger charge is -2.24. The van der Waals surface area contributed by atoms with Crippen LogP contribution in [0.5, 0.6) is 17.4 Å². The molecule has 1 aliphatic heterocycles. The zero-order valence-corrected chi connectivity index (χ0v) is 30.8. The number of aromatic nitrogens is 3. The van der Waals surface area contributed by atoms with Crippen LogP contribution in [-0.4, -0.2) is 69.7 Å². The maximum atomic E-state index is 10.7. The van der Waals surface area contributed by atoms with Gasteiger partial charge in [-0.25, -0.2) is 4.98 Å². The van der Waals surface area contributed by atoms with E-state index in [0.29, 0.717) is 57.8 Å². The molecule has 0 spiro atoms. The molecule has 280 valence electrons. The molecule has 4 aromatic carbocycles. The monoisotopic (exact) mass is 729 g/mol. The lowest BCUT2D eigenvalue weighted by atomic mass is 10.1. The van der Waals surface area contributed by atoms with Gasteiger partial charge in [-0.2, -0.15) is 4.98 Å². The Labute approximate surface area is 316 Å². The van der Waals surface area contributed by atoms with Crippen LogP contribution >= 0.6 is 0 Å². The van der Waals surface area contributed by atoms with Crippen molar-refractivity contribution >= 4 is 17.0 Å². The van der Waals surface area contributed by atoms with Crippen LogP contribution in [0.1, 0.15) is 27.8 Å². The molecule has 0 unspecified atom stereocenters. The number of aliphatic hydroxyl groups is 2. The highest BCUT2D eigenvalue weighted by Gasteiger charge is 2.32. The van der Waals surface area contributed by atoms with Crippen molar-refractivity contribution in [2.75, 3.05) is 38.8 Å². The van der Waals surface area contributed by atoms with Gasteiger partial charge in [-0.15, -0.1) is 0 Å². The first-order valence-electron chi connectivity index (χ1n) is 18.2. The SMILES string of the molecule is COc1ccc(CN(Cc2ccc(OC)cc2)c2nc(OCc3ccccc3)c3c(n2)c(CN2C[C@H](CO)[C@H](O)C2)cn3COCc2ccccc2)cc1. The Morgan fingerprint density at radius 3 is 1.87 bits per heavy atom. The van der Waals surface area contributed by atoms with Crippen LogP contribution in [0.4, 0.5) is 5.95 Å². The van der Waals surface area contributed by atoms with Crippen molar-refractivity contribution in [3.8, 4) is 17.4 Å². The molecule has 1 saturated heterocycles. The maximum Gasteiger partial charge on any atom is 0.243 e. The van der Waals surface area contributed by atoms with E-state index in [2.05, 4.69) is 16.0 Å². The van der Waals surface area contributed by atoms with E-state index < -0.39 is 6.10 Å². The van der Waals surface area contributed by atoms with Gasteiger partial charge in [0.05, 0.1) is 26.9 Å². The van der Waals surface area contributed by atoms with Crippen molar-refractivity contribution in [1.82, 2.24) is 19.4 Å². The summed E-state index contributed by atoms with van der Waals surface area (Å²) in [7, 11) is 3.32. The number of ether oxygens (including phenoxy) is 4. The molecule has 0 amide bonds. The zero-order valence-electron chi connectivity index (χ0n) is 30.8. The van der Waals surface area contributed by atoms with E-state index in [4.69, 9.17) is 28.9 Å². The van der Waals surface area contributed by atoms with Gasteiger partial charge in [-0.3, -0.25) is 4.90 Å². The van der Waals surface area contributed by atoms with Gasteiger partial charge < -0.3 is 38.6 Å². The molecular weight excluding hydrogens is 683 g/mol. The van der Waals surface area contributed by atoms with E-state index >= 15 is 0 Å². The minimum absolute atomic E-state index is 0.0672. The van der Waals surface area contributed by atoms with Crippen molar-refractivity contribution < 1.29 is 29.2 Å². The van der Waals surface area contributed by atoms with Crippen LogP contribution in [0.25, 0.3) is 11.0 Å². The smallest absolute Gasteiger partial charge is 0.243 e. The quantitative estimate of drug-likeness (QED) is 0.113. The number of β-amino-alcohol motifs (C(OH)–C–C–N with tert-alkyl or cyclic N) is 1. The topological polar surface area (TPSA) is 115 Å². The summed E-state index contributed by atoms with van der Waals surface area (Å²) in [4.78, 5) is 14.8. The third-order valence-corrected chi connectivity index (χ3v) is 9.76. The second-order valence-corrected chi connectivity index (χ2v) is 13.6. The molecule has 2 N–H and O–H groups in total. The molecule has 3 heterocycles. The maximum absolute atomic E-state index is 10.7. The van der Waals surface area contributed by atoms with E-state index in [1.807, 2.05) is 114 Å². The van der Waals surface area contributed by atoms with E-state index in [9.17, 15) is 10.2 Å². The summed E-state index contributed by atoms with van der Waals surface area (Å²) in [6.07, 6.45) is 1.45. The largest absolute Gasteiger partial charge is 0.497 e. The summed E-state index contributed by atoms with van der Waals surface area (Å²) in [6, 6.07) is 36.1. The first-order chi connectivity index (χ1) is 26.5. The van der Waals surface area contributed by atoms with Gasteiger partial charge in [-0.1, -0.05) is 84.9 Å². The highest BCUT2D eigenvalue weighted by molar-refractivity contribution is 5.85. The summed E-state index contributed by atoms with van der Waals surface area (Å²) in [5.74, 6) is 2.32. The fourth-order valence-corrected chi connectivity index (χ4v) is 6.83. The van der Waals surface area contributed by atoms with Crippen LogP contribution in [-0.2, 0) is 44.3 Å². The van der Waals surface area contributed by atoms with Crippen LogP contribution in [0.15, 0.2) is 115 Å². The van der Waals surface area contributed by atoms with Gasteiger partial charge in [0.25, 0.3) is 0 Å². The van der Waals surface area contributed by atoms with Crippen molar-refractivity contribution in [3.63, 3.8) is 0 Å². The van der Waals surface area contributed by atoms with Crippen molar-refractivity contribution in [2.45, 2.75) is 45.7 Å². The number of hydrogen-bond donors (Lipinski definition) is 2. The third kappa shape index (κ3) is 9.00. The van der Waals surface area contributed by atoms with Crippen LogP contribution < -0.4 is 19.1 Å². The molecule has 1 aliphatic rings. The average molecular weight is 730 g/mol. The number of fused-ring (bicyclic) bond motifs is 1. The molecule has 54 heavy (non-hydrogen) atoms. The molecule has 0 radical (unpaired) electrons. The third-order valence-electron chi connectivity index (χ3n) is 9.76. The number of anilines is 1. The minimum Gasteiger partial charge on any atom is -0.497 e. The number of rotatable bonds is 17. The first kappa shape index (κ1) is 36.9. The van der Waals surface area contributed by atoms with Gasteiger partial charge in [0, 0.05) is 57.0 Å². The fraction of sp³-hybridized carbons (Fsp3) is 0.302. The zero-order chi connectivity index (χ0) is 37.3. The van der Waals surface area contributed by atoms with Gasteiger partial charge in [0.15, 0.2) is 0 Å². The summed E-state index contributed by atoms with van der Waals surface area (Å²) >= 11 is 0. The lowest BCUT2D eigenvalue weighted by Crippen LogP contribution is -2.25. The molecule has 0 aliphatic carbocycles. The van der Waals surface area contributed by atoms with Gasteiger partial charge in [0.1, 0.15) is 35.9 Å². The molecule has 1 fully saturated rings. The van der Waals surface area contributed by atoms with Crippen molar-refractivity contribution in [2.24, 2.45) is 5.92 Å². The highest BCUT2D eigenvalue weighted by Crippen LogP contribution is 2.33. The molecule has 6 aromatic rings. The number of benzene rings is 4. The molecule has 0 bridgehead atoms. The fourth-order valence-electron chi connectivity index (χ4n) is 6.83. The summed E-state index contributed by atoms with van der Waals surface area (Å²) in [5.41, 5.74) is 6.62. The number of aliphatic hydroxyl groups excluding tert-OH is 2. The first-order valence-corrected chi connectivity index (χ1v) is 18.2. The molecule has 11 heteroatoms. The Kier molecular flexibility index (Phi) is 12.0. The summed E-state index contributed by atoms with van der Waals surface area (Å²) in [5, 5.41) is 20.6. The average Bonchev–Trinajstić information content (AvgIpc) is 3.76. The Morgan fingerprint density at radius 2 is 1.31 bits per heavy atom. The number of nitrogens with zero attached hydrogens (tertiary/aromatic N) is 5. The van der Waals surface area contributed by atoms with Crippen LogP contribution in [0.3, 0.4) is 0 Å². The molecule has 2 aromatic heterocycles. The number of hydrogen-bond acceptors (Lipinski definition) is 10. The standard InChI is InChI=1S/C43H47N5O6/c1-51-37-17-13-31(14-18-37)21-47(22-32-15-19-38(52-2)20-16-32)43-44-40-35(23-46-24-36(27-49)39(50)26-46)25-48(30-53-28-33-9-5-3-6-10-33)41(40)42(45-43)54-29-34-11-7-4-8-12-34/h3-20,25,36,39,49-50H,21-24,26-30H2,1-2H3/t36-,39-/m1/s1. The summed E-state index contributed by atoms with van der Waals surface area (Å²) in [6.45, 7) is 3.51. The van der Waals surface area contributed by atoms with Crippen molar-refractivity contribution in [3.05, 3.63) is 143 Å². The minimum atomic E-state index is -0.600. The van der Waals surface area contributed by atoms with E-state index in [1.54, 1.807) is 14.2 Å². The predicted octanol–water partition coefficient (Wildman–Crippen LogP) is 6.19. The Balaban J connectivity index is 1.32. The molecule has 7 rings (SSSR count). The number of methoxy groups -OCH3 is 2. The van der Waals surface area contributed by atoms with E-state index in [-0.39, 0.29) is 19.3 Å². The second-order valence-electron chi connectivity index (χ2n) is 13.6. The van der Waals surface area contributed by atoms with E-state index in [1.165, 1.54) is 0 Å². The molecular formula is C43H47N5O6. The lowest BCUT2D eigenvalue weighted by molar-refractivity contribution is 0.0662. The van der Waals surface area contributed by atoms with Gasteiger partial charge in [0.2, 0.25) is 11.8 Å². The van der Waals surface area contributed by atoms with Gasteiger partial charge >= 0.3 is 0 Å². The molecule has 2 atom stereocenters. The Morgan fingerprint density at radius 1 is 0.722 bits per heavy atom. The normalized spacial score (nSPS) is 15.8.